The third-order valence-corrected chi connectivity index (χ3v) is 3.37. The zero-order chi connectivity index (χ0) is 11.7. The van der Waals surface area contributed by atoms with Crippen molar-refractivity contribution in [1.29, 1.82) is 0 Å². The van der Waals surface area contributed by atoms with E-state index in [1.807, 2.05) is 7.05 Å². The molecule has 1 aliphatic heterocycles. The summed E-state index contributed by atoms with van der Waals surface area (Å²) < 4.78 is 13.3. The maximum Gasteiger partial charge on any atom is 0.125 e. The van der Waals surface area contributed by atoms with Crippen LogP contribution in [0.4, 0.5) is 4.39 Å². The van der Waals surface area contributed by atoms with E-state index in [-0.39, 0.29) is 17.9 Å². The predicted octanol–water partition coefficient (Wildman–Crippen LogP) is 2.57. The van der Waals surface area contributed by atoms with Gasteiger partial charge >= 0.3 is 0 Å². The van der Waals surface area contributed by atoms with Gasteiger partial charge in [0.2, 0.25) is 0 Å². The third kappa shape index (κ3) is 2.37. The zero-order valence-electron chi connectivity index (χ0n) is 9.29. The van der Waals surface area contributed by atoms with Gasteiger partial charge < -0.3 is 5.73 Å². The molecule has 0 aromatic heterocycles. The molecule has 0 amide bonds. The number of likely N-dealkylation sites (tertiary alicyclic amines) is 1. The Morgan fingerprint density at radius 2 is 2.19 bits per heavy atom. The molecule has 2 N–H and O–H groups in total. The van der Waals surface area contributed by atoms with E-state index in [0.717, 1.165) is 24.9 Å². The Bertz CT molecular complexity index is 353. The molecule has 1 saturated heterocycles. The van der Waals surface area contributed by atoms with Crippen LogP contribution in [0, 0.1) is 5.82 Å². The molecular formula is C12H16ClFN2. The third-order valence-electron chi connectivity index (χ3n) is 3.16. The van der Waals surface area contributed by atoms with Gasteiger partial charge in [-0.2, -0.15) is 0 Å². The van der Waals surface area contributed by atoms with Gasteiger partial charge in [0.1, 0.15) is 5.82 Å². The second-order valence-electron chi connectivity index (χ2n) is 4.43. The predicted molar refractivity (Wildman–Crippen MR) is 64.0 cm³/mol. The summed E-state index contributed by atoms with van der Waals surface area (Å²) in [7, 11) is 2.02. The number of rotatable bonds is 1. The van der Waals surface area contributed by atoms with E-state index in [4.69, 9.17) is 17.3 Å². The van der Waals surface area contributed by atoms with Crippen molar-refractivity contribution in [3.8, 4) is 0 Å². The molecule has 0 bridgehead atoms. The molecule has 4 heteroatoms. The highest BCUT2D eigenvalue weighted by Crippen LogP contribution is 2.30. The Kier molecular flexibility index (Phi) is 3.47. The number of piperidine rings is 1. The zero-order valence-corrected chi connectivity index (χ0v) is 10.0. The Balaban J connectivity index is 2.33. The highest BCUT2D eigenvalue weighted by atomic mass is 35.5. The standard InChI is InChI=1S/C12H16ClFN2/c1-16-4-2-3-11(15)12(16)8-5-9(13)7-10(14)6-8/h5-7,11-12H,2-4,15H2,1H3. The van der Waals surface area contributed by atoms with E-state index >= 15 is 0 Å². The first-order valence-corrected chi connectivity index (χ1v) is 5.87. The summed E-state index contributed by atoms with van der Waals surface area (Å²) >= 11 is 5.87. The maximum absolute atomic E-state index is 13.3. The van der Waals surface area contributed by atoms with Crippen molar-refractivity contribution in [2.75, 3.05) is 13.6 Å². The van der Waals surface area contributed by atoms with Gasteiger partial charge in [0.15, 0.2) is 0 Å². The number of nitrogens with zero attached hydrogens (tertiary/aromatic N) is 1. The van der Waals surface area contributed by atoms with Crippen LogP contribution in [-0.2, 0) is 0 Å². The van der Waals surface area contributed by atoms with Gasteiger partial charge in [0.05, 0.1) is 0 Å². The molecule has 1 aliphatic rings. The largest absolute Gasteiger partial charge is 0.326 e. The molecule has 2 rings (SSSR count). The molecule has 1 aromatic carbocycles. The topological polar surface area (TPSA) is 29.3 Å². The molecule has 2 unspecified atom stereocenters. The van der Waals surface area contributed by atoms with Crippen molar-refractivity contribution in [3.63, 3.8) is 0 Å². The fraction of sp³-hybridized carbons (Fsp3) is 0.500. The number of hydrogen-bond acceptors (Lipinski definition) is 2. The minimum atomic E-state index is -0.298. The van der Waals surface area contributed by atoms with Crippen LogP contribution in [0.5, 0.6) is 0 Å². The van der Waals surface area contributed by atoms with Gasteiger partial charge in [-0.25, -0.2) is 4.39 Å². The average molecular weight is 243 g/mol. The van der Waals surface area contributed by atoms with Crippen LogP contribution in [0.1, 0.15) is 24.4 Å². The summed E-state index contributed by atoms with van der Waals surface area (Å²) in [6, 6.07) is 4.77. The lowest BCUT2D eigenvalue weighted by molar-refractivity contribution is 0.162. The first-order chi connectivity index (χ1) is 7.58. The van der Waals surface area contributed by atoms with Gasteiger partial charge in [-0.3, -0.25) is 4.90 Å². The summed E-state index contributed by atoms with van der Waals surface area (Å²) in [5.41, 5.74) is 6.97. The van der Waals surface area contributed by atoms with E-state index < -0.39 is 0 Å². The van der Waals surface area contributed by atoms with E-state index in [1.54, 1.807) is 6.07 Å². The molecule has 1 fully saturated rings. The summed E-state index contributed by atoms with van der Waals surface area (Å²) in [5, 5.41) is 0.432. The number of likely N-dealkylation sites (N-methyl/N-ethyl adjacent to an activating group) is 1. The van der Waals surface area contributed by atoms with Gasteiger partial charge in [0, 0.05) is 17.1 Å². The van der Waals surface area contributed by atoms with Crippen LogP contribution >= 0.6 is 11.6 Å². The van der Waals surface area contributed by atoms with Crippen molar-refractivity contribution in [2.45, 2.75) is 24.9 Å². The molecule has 1 heterocycles. The van der Waals surface area contributed by atoms with Crippen molar-refractivity contribution < 1.29 is 4.39 Å². The molecule has 2 nitrogen and oxygen atoms in total. The van der Waals surface area contributed by atoms with Gasteiger partial charge in [-0.1, -0.05) is 11.6 Å². The van der Waals surface area contributed by atoms with Crippen LogP contribution in [0.25, 0.3) is 0 Å². The van der Waals surface area contributed by atoms with Crippen molar-refractivity contribution in [3.05, 3.63) is 34.6 Å². The molecule has 2 atom stereocenters. The summed E-state index contributed by atoms with van der Waals surface area (Å²) in [6.45, 7) is 0.993. The maximum atomic E-state index is 13.3. The minimum absolute atomic E-state index is 0.0524. The van der Waals surface area contributed by atoms with E-state index in [1.165, 1.54) is 12.1 Å². The van der Waals surface area contributed by atoms with Crippen LogP contribution in [0.2, 0.25) is 5.02 Å². The molecule has 0 spiro atoms. The van der Waals surface area contributed by atoms with E-state index in [0.29, 0.717) is 5.02 Å². The van der Waals surface area contributed by atoms with Crippen LogP contribution in [-0.4, -0.2) is 24.5 Å². The average Bonchev–Trinajstić information content (AvgIpc) is 2.15. The molecular weight excluding hydrogens is 227 g/mol. The minimum Gasteiger partial charge on any atom is -0.326 e. The van der Waals surface area contributed by atoms with Gasteiger partial charge in [-0.15, -0.1) is 0 Å². The number of halogens is 2. The van der Waals surface area contributed by atoms with E-state index in [9.17, 15) is 4.39 Å². The molecule has 16 heavy (non-hydrogen) atoms. The van der Waals surface area contributed by atoms with Gasteiger partial charge in [-0.05, 0) is 50.2 Å². The van der Waals surface area contributed by atoms with Crippen molar-refractivity contribution in [2.24, 2.45) is 5.73 Å². The number of hydrogen-bond donors (Lipinski definition) is 1. The first-order valence-electron chi connectivity index (χ1n) is 5.50. The highest BCUT2D eigenvalue weighted by Gasteiger charge is 2.28. The van der Waals surface area contributed by atoms with Crippen LogP contribution in [0.3, 0.4) is 0 Å². The highest BCUT2D eigenvalue weighted by molar-refractivity contribution is 6.30. The van der Waals surface area contributed by atoms with Crippen molar-refractivity contribution in [1.82, 2.24) is 4.90 Å². The molecule has 0 saturated carbocycles. The number of benzene rings is 1. The summed E-state index contributed by atoms with van der Waals surface area (Å²) in [6.07, 6.45) is 2.07. The molecule has 88 valence electrons. The Morgan fingerprint density at radius 1 is 1.44 bits per heavy atom. The summed E-state index contributed by atoms with van der Waals surface area (Å²) in [5.74, 6) is -0.298. The lowest BCUT2D eigenvalue weighted by atomic mass is 9.91. The molecule has 0 aliphatic carbocycles. The summed E-state index contributed by atoms with van der Waals surface area (Å²) in [4.78, 5) is 2.17. The SMILES string of the molecule is CN1CCCC(N)C1c1cc(F)cc(Cl)c1. The monoisotopic (exact) mass is 242 g/mol. The second-order valence-corrected chi connectivity index (χ2v) is 4.87. The fourth-order valence-corrected chi connectivity index (χ4v) is 2.68. The number of nitrogens with two attached hydrogens (primary N) is 1. The van der Waals surface area contributed by atoms with E-state index in [2.05, 4.69) is 4.90 Å². The molecule has 0 radical (unpaired) electrons. The second kappa shape index (κ2) is 4.70. The quantitative estimate of drug-likeness (QED) is 0.820. The van der Waals surface area contributed by atoms with Crippen LogP contribution in [0.15, 0.2) is 18.2 Å². The Morgan fingerprint density at radius 3 is 2.81 bits per heavy atom. The van der Waals surface area contributed by atoms with Gasteiger partial charge in [0.25, 0.3) is 0 Å². The smallest absolute Gasteiger partial charge is 0.125 e. The lowest BCUT2D eigenvalue weighted by Gasteiger charge is -2.37. The Hall–Kier alpha value is -0.640. The fourth-order valence-electron chi connectivity index (χ4n) is 2.45. The normalized spacial score (nSPS) is 27.0. The van der Waals surface area contributed by atoms with Crippen LogP contribution < -0.4 is 5.73 Å². The molecule has 1 aromatic rings. The lowest BCUT2D eigenvalue weighted by Crippen LogP contribution is -2.43. The van der Waals surface area contributed by atoms with Crippen molar-refractivity contribution >= 4 is 11.6 Å². The first kappa shape index (κ1) is 11.8. The Labute approximate surface area is 100 Å².